The Morgan fingerprint density at radius 1 is 1.11 bits per heavy atom. The molecule has 102 valence electrons. The highest BCUT2D eigenvalue weighted by Gasteiger charge is 2.05. The van der Waals surface area contributed by atoms with Gasteiger partial charge in [-0.1, -0.05) is 50.5 Å². The molecule has 2 rings (SSSR count). The lowest BCUT2D eigenvalue weighted by Crippen LogP contribution is -2.09. The molecule has 0 aliphatic rings. The zero-order chi connectivity index (χ0) is 13.7. The standard InChI is InChI=1S/C15H22N4/c1-2-3-4-5-6-12-7-9-13(10-8-12)14-11-19(17)15(16)18-14/h7-11H,2-6,17H2,1H3,(H2,16,18). The van der Waals surface area contributed by atoms with Gasteiger partial charge in [0.15, 0.2) is 0 Å². The van der Waals surface area contributed by atoms with Gasteiger partial charge >= 0.3 is 0 Å². The Hall–Kier alpha value is -1.97. The number of hydrogen-bond acceptors (Lipinski definition) is 3. The van der Waals surface area contributed by atoms with Crippen molar-refractivity contribution in [3.8, 4) is 11.3 Å². The summed E-state index contributed by atoms with van der Waals surface area (Å²) in [6.45, 7) is 2.23. The summed E-state index contributed by atoms with van der Waals surface area (Å²) in [7, 11) is 0. The zero-order valence-corrected chi connectivity index (χ0v) is 11.5. The van der Waals surface area contributed by atoms with Crippen LogP contribution >= 0.6 is 0 Å². The van der Waals surface area contributed by atoms with Gasteiger partial charge in [0, 0.05) is 5.56 Å². The Morgan fingerprint density at radius 3 is 2.42 bits per heavy atom. The van der Waals surface area contributed by atoms with Crippen molar-refractivity contribution in [3.05, 3.63) is 36.0 Å². The third-order valence-electron chi connectivity index (χ3n) is 3.33. The van der Waals surface area contributed by atoms with Crippen molar-refractivity contribution in [2.24, 2.45) is 0 Å². The van der Waals surface area contributed by atoms with E-state index in [9.17, 15) is 0 Å². The van der Waals surface area contributed by atoms with Crippen molar-refractivity contribution < 1.29 is 0 Å². The summed E-state index contributed by atoms with van der Waals surface area (Å²) in [5.41, 5.74) is 8.87. The van der Waals surface area contributed by atoms with Gasteiger partial charge in [0.1, 0.15) is 0 Å². The lowest BCUT2D eigenvalue weighted by molar-refractivity contribution is 0.667. The predicted octanol–water partition coefficient (Wildman–Crippen LogP) is 2.97. The number of aromatic nitrogens is 2. The van der Waals surface area contributed by atoms with E-state index >= 15 is 0 Å². The second-order valence-corrected chi connectivity index (χ2v) is 4.90. The van der Waals surface area contributed by atoms with Crippen molar-refractivity contribution in [1.82, 2.24) is 9.66 Å². The Kier molecular flexibility index (Phi) is 4.44. The lowest BCUT2D eigenvalue weighted by Gasteiger charge is -2.02. The highest BCUT2D eigenvalue weighted by Crippen LogP contribution is 2.20. The van der Waals surface area contributed by atoms with Crippen molar-refractivity contribution in [3.63, 3.8) is 0 Å². The largest absolute Gasteiger partial charge is 0.368 e. The summed E-state index contributed by atoms with van der Waals surface area (Å²) in [5.74, 6) is 5.96. The molecule has 0 saturated heterocycles. The Labute approximate surface area is 114 Å². The van der Waals surface area contributed by atoms with Crippen LogP contribution in [0, 0.1) is 0 Å². The average Bonchev–Trinajstić information content (AvgIpc) is 2.76. The number of aryl methyl sites for hydroxylation is 1. The summed E-state index contributed by atoms with van der Waals surface area (Å²) >= 11 is 0. The Bertz CT molecular complexity index is 494. The van der Waals surface area contributed by atoms with Gasteiger partial charge in [0.2, 0.25) is 5.95 Å². The molecule has 0 unspecified atom stereocenters. The predicted molar refractivity (Wildman–Crippen MR) is 80.1 cm³/mol. The molecule has 0 spiro atoms. The Morgan fingerprint density at radius 2 is 1.84 bits per heavy atom. The maximum atomic E-state index is 5.63. The summed E-state index contributed by atoms with van der Waals surface area (Å²) in [4.78, 5) is 4.21. The van der Waals surface area contributed by atoms with Crippen LogP contribution in [-0.2, 0) is 6.42 Å². The molecule has 0 aliphatic carbocycles. The first-order chi connectivity index (χ1) is 9.20. The van der Waals surface area contributed by atoms with E-state index in [1.54, 1.807) is 6.20 Å². The number of benzene rings is 1. The topological polar surface area (TPSA) is 69.9 Å². The molecule has 19 heavy (non-hydrogen) atoms. The van der Waals surface area contributed by atoms with Gasteiger partial charge < -0.3 is 11.6 Å². The summed E-state index contributed by atoms with van der Waals surface area (Å²) in [5, 5.41) is 0. The van der Waals surface area contributed by atoms with Gasteiger partial charge in [0.05, 0.1) is 11.9 Å². The molecule has 1 aromatic carbocycles. The average molecular weight is 258 g/mol. The summed E-state index contributed by atoms with van der Waals surface area (Å²) in [6.07, 6.45) is 8.07. The number of imidazole rings is 1. The zero-order valence-electron chi connectivity index (χ0n) is 11.5. The van der Waals surface area contributed by atoms with Crippen LogP contribution in [-0.4, -0.2) is 9.66 Å². The fourth-order valence-electron chi connectivity index (χ4n) is 2.15. The van der Waals surface area contributed by atoms with Crippen molar-refractivity contribution >= 4 is 5.95 Å². The van der Waals surface area contributed by atoms with E-state index in [1.165, 1.54) is 35.9 Å². The van der Waals surface area contributed by atoms with Crippen molar-refractivity contribution in [2.75, 3.05) is 11.6 Å². The van der Waals surface area contributed by atoms with Gasteiger partial charge in [-0.15, -0.1) is 0 Å². The number of nitrogens with two attached hydrogens (primary N) is 2. The summed E-state index contributed by atoms with van der Waals surface area (Å²) < 4.78 is 1.34. The molecule has 1 aromatic heterocycles. The molecule has 0 aliphatic heterocycles. The lowest BCUT2D eigenvalue weighted by atomic mass is 10.0. The molecule has 0 radical (unpaired) electrons. The molecule has 0 bridgehead atoms. The molecule has 2 aromatic rings. The van der Waals surface area contributed by atoms with Crippen LogP contribution in [0.3, 0.4) is 0 Å². The fraction of sp³-hybridized carbons (Fsp3) is 0.400. The van der Waals surface area contributed by atoms with Crippen molar-refractivity contribution in [2.45, 2.75) is 39.0 Å². The van der Waals surface area contributed by atoms with E-state index in [2.05, 4.69) is 36.2 Å². The molecule has 4 nitrogen and oxygen atoms in total. The van der Waals surface area contributed by atoms with Crippen LogP contribution in [0.25, 0.3) is 11.3 Å². The molecular weight excluding hydrogens is 236 g/mol. The smallest absolute Gasteiger partial charge is 0.219 e. The van der Waals surface area contributed by atoms with E-state index in [-0.39, 0.29) is 0 Å². The van der Waals surface area contributed by atoms with Gasteiger partial charge in [-0.3, -0.25) is 0 Å². The maximum Gasteiger partial charge on any atom is 0.219 e. The van der Waals surface area contributed by atoms with Crippen LogP contribution in [0.15, 0.2) is 30.5 Å². The van der Waals surface area contributed by atoms with Crippen LogP contribution < -0.4 is 11.6 Å². The normalized spacial score (nSPS) is 10.8. The van der Waals surface area contributed by atoms with E-state index < -0.39 is 0 Å². The number of unbranched alkanes of at least 4 members (excludes halogenated alkanes) is 3. The summed E-state index contributed by atoms with van der Waals surface area (Å²) in [6, 6.07) is 8.48. The quantitative estimate of drug-likeness (QED) is 0.618. The van der Waals surface area contributed by atoms with Crippen LogP contribution in [0.1, 0.15) is 38.2 Å². The maximum absolute atomic E-state index is 5.63. The van der Waals surface area contributed by atoms with E-state index in [1.807, 2.05) is 0 Å². The minimum atomic E-state index is 0.332. The molecule has 0 amide bonds. The van der Waals surface area contributed by atoms with Crippen LogP contribution in [0.2, 0.25) is 0 Å². The highest BCUT2D eigenvalue weighted by molar-refractivity contribution is 5.60. The monoisotopic (exact) mass is 258 g/mol. The van der Waals surface area contributed by atoms with Gasteiger partial charge in [-0.25, -0.2) is 9.66 Å². The number of hydrogen-bond donors (Lipinski definition) is 2. The second kappa shape index (κ2) is 6.27. The molecule has 4 N–H and O–H groups in total. The number of nitrogens with zero attached hydrogens (tertiary/aromatic N) is 2. The van der Waals surface area contributed by atoms with Gasteiger partial charge in [-0.05, 0) is 18.4 Å². The first kappa shape index (κ1) is 13.5. The minimum absolute atomic E-state index is 0.332. The molecule has 4 heteroatoms. The molecule has 0 fully saturated rings. The number of rotatable bonds is 6. The fourth-order valence-corrected chi connectivity index (χ4v) is 2.15. The second-order valence-electron chi connectivity index (χ2n) is 4.90. The number of nitrogen functional groups attached to an aromatic ring is 2. The van der Waals surface area contributed by atoms with E-state index in [4.69, 9.17) is 11.6 Å². The number of anilines is 1. The molecule has 0 atom stereocenters. The van der Waals surface area contributed by atoms with Crippen molar-refractivity contribution in [1.29, 1.82) is 0 Å². The minimum Gasteiger partial charge on any atom is -0.368 e. The van der Waals surface area contributed by atoms with Crippen LogP contribution in [0.5, 0.6) is 0 Å². The Balaban J connectivity index is 1.98. The first-order valence-corrected chi connectivity index (χ1v) is 6.90. The molecule has 1 heterocycles. The third kappa shape index (κ3) is 3.50. The third-order valence-corrected chi connectivity index (χ3v) is 3.33. The molecular formula is C15H22N4. The SMILES string of the molecule is CCCCCCc1ccc(-c2cn(N)c(N)n2)cc1. The first-order valence-electron chi connectivity index (χ1n) is 6.90. The van der Waals surface area contributed by atoms with E-state index in [0.29, 0.717) is 5.95 Å². The van der Waals surface area contributed by atoms with Gasteiger partial charge in [0.25, 0.3) is 0 Å². The highest BCUT2D eigenvalue weighted by atomic mass is 15.3. The van der Waals surface area contributed by atoms with E-state index in [0.717, 1.165) is 17.7 Å². The molecule has 0 saturated carbocycles. The van der Waals surface area contributed by atoms with Gasteiger partial charge in [-0.2, -0.15) is 0 Å². The van der Waals surface area contributed by atoms with Crippen LogP contribution in [0.4, 0.5) is 5.95 Å².